The zero-order valence-corrected chi connectivity index (χ0v) is 16.1. The van der Waals surface area contributed by atoms with Crippen LogP contribution in [-0.4, -0.2) is 41.3 Å². The summed E-state index contributed by atoms with van der Waals surface area (Å²) >= 11 is 5.83. The highest BCUT2D eigenvalue weighted by molar-refractivity contribution is 7.92. The smallest absolute Gasteiger partial charge is 0.245 e. The average Bonchev–Trinajstić information content (AvgIpc) is 2.60. The van der Waals surface area contributed by atoms with Crippen molar-refractivity contribution in [2.45, 2.75) is 0 Å². The lowest BCUT2D eigenvalue weighted by molar-refractivity contribution is -0.114. The Kier molecular flexibility index (Phi) is 6.33. The molecule has 1 N–H and O–H groups in total. The summed E-state index contributed by atoms with van der Waals surface area (Å²) in [5.74, 6) is 0.447. The second kappa shape index (κ2) is 8.29. The van der Waals surface area contributed by atoms with Gasteiger partial charge in [0.15, 0.2) is 0 Å². The molecule has 140 valence electrons. The van der Waals surface area contributed by atoms with Crippen molar-refractivity contribution >= 4 is 38.9 Å². The van der Waals surface area contributed by atoms with E-state index in [2.05, 4.69) is 5.32 Å². The first kappa shape index (κ1) is 19.9. The standard InChI is InChI=1S/C17H19ClN2O5S/c1-24-14-8-9-15(16(10-14)25-2)19-17(21)11-20(26(3,22)23)13-6-4-12(18)5-7-13/h4-10H,11H2,1-3H3,(H,19,21). The predicted molar refractivity (Wildman–Crippen MR) is 102 cm³/mol. The first-order chi connectivity index (χ1) is 12.2. The molecule has 0 spiro atoms. The molecular formula is C17H19ClN2O5S. The molecule has 0 aliphatic carbocycles. The lowest BCUT2D eigenvalue weighted by Gasteiger charge is -2.22. The van der Waals surface area contributed by atoms with Crippen LogP contribution < -0.4 is 19.1 Å². The summed E-state index contributed by atoms with van der Waals surface area (Å²) in [5, 5.41) is 3.11. The Bertz CT molecular complexity index is 885. The van der Waals surface area contributed by atoms with Gasteiger partial charge in [-0.3, -0.25) is 9.10 Å². The zero-order valence-electron chi connectivity index (χ0n) is 14.5. The Balaban J connectivity index is 2.22. The molecule has 0 saturated heterocycles. The van der Waals surface area contributed by atoms with Gasteiger partial charge in [-0.25, -0.2) is 8.42 Å². The van der Waals surface area contributed by atoms with Gasteiger partial charge >= 0.3 is 0 Å². The summed E-state index contributed by atoms with van der Waals surface area (Å²) < 4.78 is 35.5. The molecule has 0 fully saturated rings. The molecule has 7 nitrogen and oxygen atoms in total. The van der Waals surface area contributed by atoms with Crippen molar-refractivity contribution in [1.82, 2.24) is 0 Å². The number of hydrogen-bond acceptors (Lipinski definition) is 5. The van der Waals surface area contributed by atoms with Crippen molar-refractivity contribution in [3.05, 3.63) is 47.5 Å². The third-order valence-electron chi connectivity index (χ3n) is 3.48. The van der Waals surface area contributed by atoms with Gasteiger partial charge in [0.2, 0.25) is 15.9 Å². The number of ether oxygens (including phenoxy) is 2. The van der Waals surface area contributed by atoms with Gasteiger partial charge in [0.1, 0.15) is 18.0 Å². The Morgan fingerprint density at radius 3 is 2.31 bits per heavy atom. The van der Waals surface area contributed by atoms with Crippen molar-refractivity contribution in [1.29, 1.82) is 0 Å². The number of benzene rings is 2. The fourth-order valence-electron chi connectivity index (χ4n) is 2.23. The minimum atomic E-state index is -3.67. The third-order valence-corrected chi connectivity index (χ3v) is 4.88. The predicted octanol–water partition coefficient (Wildman–Crippen LogP) is 2.76. The minimum absolute atomic E-state index is 0.341. The molecule has 0 radical (unpaired) electrons. The number of hydrogen-bond donors (Lipinski definition) is 1. The van der Waals surface area contributed by atoms with Crippen LogP contribution in [0.15, 0.2) is 42.5 Å². The van der Waals surface area contributed by atoms with Crippen LogP contribution in [0.2, 0.25) is 5.02 Å². The van der Waals surface area contributed by atoms with Gasteiger partial charge in [-0.15, -0.1) is 0 Å². The summed E-state index contributed by atoms with van der Waals surface area (Å²) in [4.78, 5) is 12.4. The number of carbonyl (C=O) groups is 1. The number of methoxy groups -OCH3 is 2. The van der Waals surface area contributed by atoms with Gasteiger partial charge in [0.25, 0.3) is 0 Å². The Hall–Kier alpha value is -2.45. The van der Waals surface area contributed by atoms with Crippen molar-refractivity contribution < 1.29 is 22.7 Å². The van der Waals surface area contributed by atoms with Crippen LogP contribution in [0.1, 0.15) is 0 Å². The van der Waals surface area contributed by atoms with Gasteiger partial charge in [-0.1, -0.05) is 11.6 Å². The maximum absolute atomic E-state index is 12.4. The molecule has 2 aromatic rings. The zero-order chi connectivity index (χ0) is 19.3. The third kappa shape index (κ3) is 5.03. The van der Waals surface area contributed by atoms with Gasteiger partial charge in [0, 0.05) is 11.1 Å². The molecule has 0 saturated carbocycles. The molecule has 2 aromatic carbocycles. The highest BCUT2D eigenvalue weighted by Crippen LogP contribution is 2.29. The summed E-state index contributed by atoms with van der Waals surface area (Å²) in [6.07, 6.45) is 1.03. The maximum atomic E-state index is 12.4. The molecular weight excluding hydrogens is 380 g/mol. The van der Waals surface area contributed by atoms with E-state index in [1.807, 2.05) is 0 Å². The number of carbonyl (C=O) groups excluding carboxylic acids is 1. The highest BCUT2D eigenvalue weighted by Gasteiger charge is 2.21. The van der Waals surface area contributed by atoms with Crippen LogP contribution >= 0.6 is 11.6 Å². The van der Waals surface area contributed by atoms with Crippen molar-refractivity contribution in [3.63, 3.8) is 0 Å². The summed E-state index contributed by atoms with van der Waals surface area (Å²) in [5.41, 5.74) is 0.747. The molecule has 9 heteroatoms. The lowest BCUT2D eigenvalue weighted by Crippen LogP contribution is -2.37. The SMILES string of the molecule is COc1ccc(NC(=O)CN(c2ccc(Cl)cc2)S(C)(=O)=O)c(OC)c1. The van der Waals surface area contributed by atoms with E-state index in [1.165, 1.54) is 26.4 Å². The average molecular weight is 399 g/mol. The molecule has 0 atom stereocenters. The molecule has 0 aliphatic heterocycles. The Labute approximate surface area is 157 Å². The van der Waals surface area contributed by atoms with Gasteiger partial charge in [-0.05, 0) is 36.4 Å². The summed E-state index contributed by atoms with van der Waals surface area (Å²) in [6.45, 7) is -0.393. The first-order valence-corrected chi connectivity index (χ1v) is 9.72. The van der Waals surface area contributed by atoms with Crippen molar-refractivity contribution in [2.75, 3.05) is 36.6 Å². The number of amides is 1. The normalized spacial score (nSPS) is 10.9. The van der Waals surface area contributed by atoms with Crippen molar-refractivity contribution in [3.8, 4) is 11.5 Å². The van der Waals surface area contributed by atoms with E-state index in [0.29, 0.717) is 27.9 Å². The molecule has 0 bridgehead atoms. The highest BCUT2D eigenvalue weighted by atomic mass is 35.5. The fraction of sp³-hybridized carbons (Fsp3) is 0.235. The molecule has 0 aromatic heterocycles. The second-order valence-corrected chi connectivity index (χ2v) is 7.70. The topological polar surface area (TPSA) is 84.9 Å². The number of rotatable bonds is 7. The van der Waals surface area contributed by atoms with Crippen LogP contribution in [0.5, 0.6) is 11.5 Å². The van der Waals surface area contributed by atoms with E-state index in [9.17, 15) is 13.2 Å². The van der Waals surface area contributed by atoms with E-state index in [1.54, 1.807) is 30.3 Å². The monoisotopic (exact) mass is 398 g/mol. The number of nitrogens with zero attached hydrogens (tertiary/aromatic N) is 1. The van der Waals surface area contributed by atoms with Crippen LogP contribution in [-0.2, 0) is 14.8 Å². The van der Waals surface area contributed by atoms with E-state index >= 15 is 0 Å². The summed E-state index contributed by atoms with van der Waals surface area (Å²) in [7, 11) is -0.690. The number of sulfonamides is 1. The first-order valence-electron chi connectivity index (χ1n) is 7.49. The van der Waals surface area contributed by atoms with Gasteiger partial charge < -0.3 is 14.8 Å². The quantitative estimate of drug-likeness (QED) is 0.775. The van der Waals surface area contributed by atoms with E-state index in [0.717, 1.165) is 10.6 Å². The van der Waals surface area contributed by atoms with E-state index < -0.39 is 22.5 Å². The van der Waals surface area contributed by atoms with Crippen molar-refractivity contribution in [2.24, 2.45) is 0 Å². The Morgan fingerprint density at radius 2 is 1.77 bits per heavy atom. The molecule has 26 heavy (non-hydrogen) atoms. The van der Waals surface area contributed by atoms with Crippen LogP contribution in [0.4, 0.5) is 11.4 Å². The molecule has 2 rings (SSSR count). The Morgan fingerprint density at radius 1 is 1.12 bits per heavy atom. The maximum Gasteiger partial charge on any atom is 0.245 e. The largest absolute Gasteiger partial charge is 0.497 e. The fourth-order valence-corrected chi connectivity index (χ4v) is 3.21. The van der Waals surface area contributed by atoms with Crippen LogP contribution in [0.3, 0.4) is 0 Å². The van der Waals surface area contributed by atoms with Gasteiger partial charge in [0.05, 0.1) is 31.9 Å². The molecule has 0 aliphatic rings. The number of anilines is 2. The minimum Gasteiger partial charge on any atom is -0.497 e. The van der Waals surface area contributed by atoms with Crippen LogP contribution in [0, 0.1) is 0 Å². The molecule has 0 unspecified atom stereocenters. The van der Waals surface area contributed by atoms with Gasteiger partial charge in [-0.2, -0.15) is 0 Å². The molecule has 0 heterocycles. The summed E-state index contributed by atoms with van der Waals surface area (Å²) in [6, 6.07) is 11.1. The second-order valence-electron chi connectivity index (χ2n) is 5.36. The lowest BCUT2D eigenvalue weighted by atomic mass is 10.2. The molecule has 1 amide bonds. The van der Waals surface area contributed by atoms with E-state index in [4.69, 9.17) is 21.1 Å². The number of halogens is 1. The number of nitrogens with one attached hydrogen (secondary N) is 1. The van der Waals surface area contributed by atoms with Crippen LogP contribution in [0.25, 0.3) is 0 Å². The van der Waals surface area contributed by atoms with E-state index in [-0.39, 0.29) is 0 Å².